The molecule has 0 bridgehead atoms. The number of methoxy groups -OCH3 is 1. The molecule has 0 radical (unpaired) electrons. The Morgan fingerprint density at radius 1 is 1.05 bits per heavy atom. The molecule has 1 heterocycles. The van der Waals surface area contributed by atoms with Gasteiger partial charge in [0.25, 0.3) is 5.91 Å². The van der Waals surface area contributed by atoms with E-state index in [9.17, 15) is 4.79 Å². The summed E-state index contributed by atoms with van der Waals surface area (Å²) in [5.41, 5.74) is 1.23. The number of anilines is 1. The van der Waals surface area contributed by atoms with Crippen LogP contribution in [0.4, 0.5) is 5.69 Å². The number of hydrogen-bond donors (Lipinski definition) is 1. The molecule has 5 nitrogen and oxygen atoms in total. The maximum Gasteiger partial charge on any atom is 0.255 e. The van der Waals surface area contributed by atoms with Crippen molar-refractivity contribution >= 4 is 11.6 Å². The Kier molecular flexibility index (Phi) is 3.64. The number of carbonyl (C=O) groups is 1. The second-order valence-corrected chi connectivity index (χ2v) is 4.54. The third-order valence-corrected chi connectivity index (χ3v) is 3.15. The van der Waals surface area contributed by atoms with Crippen LogP contribution in [0, 0.1) is 0 Å². The Morgan fingerprint density at radius 2 is 1.76 bits per heavy atom. The molecular formula is C16H15NO4. The van der Waals surface area contributed by atoms with Crippen LogP contribution in [0.25, 0.3) is 0 Å². The van der Waals surface area contributed by atoms with Crippen molar-refractivity contribution in [1.29, 1.82) is 0 Å². The van der Waals surface area contributed by atoms with Gasteiger partial charge in [-0.05, 0) is 42.5 Å². The zero-order valence-electron chi connectivity index (χ0n) is 11.6. The van der Waals surface area contributed by atoms with Crippen LogP contribution in [-0.4, -0.2) is 26.2 Å². The minimum Gasteiger partial charge on any atom is -0.497 e. The van der Waals surface area contributed by atoms with Crippen molar-refractivity contribution in [3.8, 4) is 17.2 Å². The monoisotopic (exact) mass is 285 g/mol. The number of ether oxygens (including phenoxy) is 3. The van der Waals surface area contributed by atoms with Crippen LogP contribution in [0.5, 0.6) is 17.2 Å². The highest BCUT2D eigenvalue weighted by Gasteiger charge is 2.15. The summed E-state index contributed by atoms with van der Waals surface area (Å²) in [4.78, 5) is 12.2. The summed E-state index contributed by atoms with van der Waals surface area (Å²) in [5.74, 6) is 1.82. The van der Waals surface area contributed by atoms with E-state index in [2.05, 4.69) is 5.32 Å². The number of fused-ring (bicyclic) bond motifs is 1. The molecule has 0 unspecified atom stereocenters. The van der Waals surface area contributed by atoms with E-state index in [0.29, 0.717) is 36.0 Å². The fraction of sp³-hybridized carbons (Fsp3) is 0.188. The molecular weight excluding hydrogens is 270 g/mol. The summed E-state index contributed by atoms with van der Waals surface area (Å²) in [6, 6.07) is 12.3. The van der Waals surface area contributed by atoms with E-state index in [1.54, 1.807) is 49.6 Å². The van der Waals surface area contributed by atoms with Crippen LogP contribution in [0.2, 0.25) is 0 Å². The molecule has 1 amide bonds. The number of hydrogen-bond acceptors (Lipinski definition) is 4. The lowest BCUT2D eigenvalue weighted by Gasteiger charge is -2.18. The summed E-state index contributed by atoms with van der Waals surface area (Å²) in [6.07, 6.45) is 0. The average molecular weight is 285 g/mol. The van der Waals surface area contributed by atoms with Gasteiger partial charge in [0.15, 0.2) is 11.5 Å². The van der Waals surface area contributed by atoms with E-state index < -0.39 is 0 Å². The van der Waals surface area contributed by atoms with Crippen molar-refractivity contribution < 1.29 is 19.0 Å². The summed E-state index contributed by atoms with van der Waals surface area (Å²) >= 11 is 0. The fourth-order valence-corrected chi connectivity index (χ4v) is 2.06. The third-order valence-electron chi connectivity index (χ3n) is 3.15. The highest BCUT2D eigenvalue weighted by molar-refractivity contribution is 6.04. The molecule has 2 aromatic carbocycles. The SMILES string of the molecule is COc1ccc(NC(=O)c2ccc3c(c2)OCCO3)cc1. The number of benzene rings is 2. The van der Waals surface area contributed by atoms with Gasteiger partial charge in [-0.2, -0.15) is 0 Å². The van der Waals surface area contributed by atoms with E-state index >= 15 is 0 Å². The second kappa shape index (κ2) is 5.75. The summed E-state index contributed by atoms with van der Waals surface area (Å²) in [5, 5.41) is 2.83. The van der Waals surface area contributed by atoms with E-state index in [0.717, 1.165) is 5.75 Å². The van der Waals surface area contributed by atoms with Crippen LogP contribution in [-0.2, 0) is 0 Å². The van der Waals surface area contributed by atoms with Crippen molar-refractivity contribution in [3.05, 3.63) is 48.0 Å². The zero-order valence-corrected chi connectivity index (χ0v) is 11.6. The van der Waals surface area contributed by atoms with Crippen LogP contribution in [0.3, 0.4) is 0 Å². The maximum absolute atomic E-state index is 12.2. The molecule has 0 aromatic heterocycles. The van der Waals surface area contributed by atoms with Crippen molar-refractivity contribution in [2.45, 2.75) is 0 Å². The quantitative estimate of drug-likeness (QED) is 0.942. The topological polar surface area (TPSA) is 56.8 Å². The summed E-state index contributed by atoms with van der Waals surface area (Å²) in [7, 11) is 1.60. The number of carbonyl (C=O) groups excluding carboxylic acids is 1. The first-order chi connectivity index (χ1) is 10.3. The van der Waals surface area contributed by atoms with Crippen LogP contribution in [0.1, 0.15) is 10.4 Å². The van der Waals surface area contributed by atoms with Crippen LogP contribution >= 0.6 is 0 Å². The number of rotatable bonds is 3. The Labute approximate surface area is 122 Å². The second-order valence-electron chi connectivity index (χ2n) is 4.54. The standard InChI is InChI=1S/C16H15NO4/c1-19-13-5-3-12(4-6-13)17-16(18)11-2-7-14-15(10-11)21-9-8-20-14/h2-7,10H,8-9H2,1H3,(H,17,18). The number of nitrogens with one attached hydrogen (secondary N) is 1. The molecule has 5 heteroatoms. The van der Waals surface area contributed by atoms with Gasteiger partial charge in [-0.1, -0.05) is 0 Å². The van der Waals surface area contributed by atoms with Crippen molar-refractivity contribution in [3.63, 3.8) is 0 Å². The molecule has 2 aromatic rings. The van der Waals surface area contributed by atoms with E-state index in [1.165, 1.54) is 0 Å². The van der Waals surface area contributed by atoms with Gasteiger partial charge in [0.05, 0.1) is 7.11 Å². The van der Waals surface area contributed by atoms with Gasteiger partial charge in [-0.15, -0.1) is 0 Å². The highest BCUT2D eigenvalue weighted by atomic mass is 16.6. The smallest absolute Gasteiger partial charge is 0.255 e. The average Bonchev–Trinajstić information content (AvgIpc) is 2.55. The first-order valence-electron chi connectivity index (χ1n) is 6.61. The molecule has 0 fully saturated rings. The zero-order chi connectivity index (χ0) is 14.7. The molecule has 0 spiro atoms. The molecule has 3 rings (SSSR count). The van der Waals surface area contributed by atoms with Crippen LogP contribution < -0.4 is 19.5 Å². The molecule has 1 aliphatic rings. The van der Waals surface area contributed by atoms with Gasteiger partial charge < -0.3 is 19.5 Å². The molecule has 0 saturated heterocycles. The van der Waals surface area contributed by atoms with E-state index in [-0.39, 0.29) is 5.91 Å². The van der Waals surface area contributed by atoms with E-state index in [1.807, 2.05) is 0 Å². The van der Waals surface area contributed by atoms with Gasteiger partial charge in [0.1, 0.15) is 19.0 Å². The minimum absolute atomic E-state index is 0.197. The lowest BCUT2D eigenvalue weighted by Crippen LogP contribution is -2.17. The van der Waals surface area contributed by atoms with Gasteiger partial charge in [0.2, 0.25) is 0 Å². The lowest BCUT2D eigenvalue weighted by molar-refractivity contribution is 0.102. The molecule has 0 atom stereocenters. The van der Waals surface area contributed by atoms with E-state index in [4.69, 9.17) is 14.2 Å². The predicted molar refractivity (Wildman–Crippen MR) is 78.4 cm³/mol. The largest absolute Gasteiger partial charge is 0.497 e. The number of amides is 1. The predicted octanol–water partition coefficient (Wildman–Crippen LogP) is 2.72. The first-order valence-corrected chi connectivity index (χ1v) is 6.61. The molecule has 1 N–H and O–H groups in total. The van der Waals surface area contributed by atoms with Gasteiger partial charge in [-0.25, -0.2) is 0 Å². The summed E-state index contributed by atoms with van der Waals surface area (Å²) in [6.45, 7) is 1.03. The Bertz CT molecular complexity index is 652. The Morgan fingerprint density at radius 3 is 2.48 bits per heavy atom. The highest BCUT2D eigenvalue weighted by Crippen LogP contribution is 2.31. The third kappa shape index (κ3) is 2.91. The first kappa shape index (κ1) is 13.3. The Hall–Kier alpha value is -2.69. The Balaban J connectivity index is 1.75. The van der Waals surface area contributed by atoms with Crippen molar-refractivity contribution in [2.24, 2.45) is 0 Å². The molecule has 0 saturated carbocycles. The molecule has 108 valence electrons. The van der Waals surface area contributed by atoms with Crippen molar-refractivity contribution in [1.82, 2.24) is 0 Å². The fourth-order valence-electron chi connectivity index (χ4n) is 2.06. The molecule has 1 aliphatic heterocycles. The van der Waals surface area contributed by atoms with Crippen LogP contribution in [0.15, 0.2) is 42.5 Å². The normalized spacial score (nSPS) is 12.6. The molecule has 0 aliphatic carbocycles. The van der Waals surface area contributed by atoms with Crippen molar-refractivity contribution in [2.75, 3.05) is 25.6 Å². The minimum atomic E-state index is -0.197. The van der Waals surface area contributed by atoms with Gasteiger partial charge in [0, 0.05) is 11.3 Å². The summed E-state index contributed by atoms with van der Waals surface area (Å²) < 4.78 is 16.0. The maximum atomic E-state index is 12.2. The lowest BCUT2D eigenvalue weighted by atomic mass is 10.1. The van der Waals surface area contributed by atoms with Gasteiger partial charge >= 0.3 is 0 Å². The van der Waals surface area contributed by atoms with Gasteiger partial charge in [-0.3, -0.25) is 4.79 Å². The molecule has 21 heavy (non-hydrogen) atoms.